The number of aromatic nitrogens is 1. The van der Waals surface area contributed by atoms with Gasteiger partial charge in [-0.25, -0.2) is 4.98 Å². The number of thioether (sulfide) groups is 1. The first-order chi connectivity index (χ1) is 14.1. The highest BCUT2D eigenvalue weighted by molar-refractivity contribution is 7.99. The molecular formula is C23H24N2O2S2. The quantitative estimate of drug-likeness (QED) is 0.484. The fraction of sp³-hybridized carbons (Fsp3) is 0.304. The van der Waals surface area contributed by atoms with Gasteiger partial charge in [0.2, 0.25) is 0 Å². The third kappa shape index (κ3) is 4.89. The largest absolute Gasteiger partial charge is 0.481 e. The van der Waals surface area contributed by atoms with E-state index < -0.39 is 5.97 Å². The van der Waals surface area contributed by atoms with Crippen LogP contribution in [-0.4, -0.2) is 39.8 Å². The predicted octanol–water partition coefficient (Wildman–Crippen LogP) is 5.50. The smallest absolute Gasteiger partial charge is 0.309 e. The lowest BCUT2D eigenvalue weighted by Gasteiger charge is -2.36. The zero-order valence-corrected chi connectivity index (χ0v) is 18.0. The Morgan fingerprint density at radius 2 is 1.83 bits per heavy atom. The topological polar surface area (TPSA) is 53.4 Å². The fourth-order valence-electron chi connectivity index (χ4n) is 3.34. The van der Waals surface area contributed by atoms with Crippen LogP contribution in [0.25, 0.3) is 21.0 Å². The van der Waals surface area contributed by atoms with Crippen LogP contribution in [0.4, 0.5) is 0 Å². The molecule has 2 aromatic carbocycles. The summed E-state index contributed by atoms with van der Waals surface area (Å²) in [4.78, 5) is 20.2. The number of nitrogens with zero attached hydrogens (tertiary/aromatic N) is 2. The van der Waals surface area contributed by atoms with Crippen molar-refractivity contribution in [2.75, 3.05) is 18.8 Å². The van der Waals surface area contributed by atoms with E-state index in [1.165, 1.54) is 27.3 Å². The van der Waals surface area contributed by atoms with E-state index in [0.717, 1.165) is 22.9 Å². The van der Waals surface area contributed by atoms with E-state index in [9.17, 15) is 4.79 Å². The van der Waals surface area contributed by atoms with E-state index >= 15 is 0 Å². The van der Waals surface area contributed by atoms with Crippen molar-refractivity contribution in [2.24, 2.45) is 5.92 Å². The van der Waals surface area contributed by atoms with Gasteiger partial charge in [-0.2, -0.15) is 0 Å². The second-order valence-corrected chi connectivity index (χ2v) is 9.53. The van der Waals surface area contributed by atoms with Crippen LogP contribution in [0.5, 0.6) is 0 Å². The maximum atomic E-state index is 10.9. The second kappa shape index (κ2) is 9.11. The number of thiazole rings is 1. The lowest BCUT2D eigenvalue weighted by Crippen LogP contribution is -2.49. The summed E-state index contributed by atoms with van der Waals surface area (Å²) >= 11 is 3.60. The Morgan fingerprint density at radius 1 is 1.14 bits per heavy atom. The van der Waals surface area contributed by atoms with Crippen LogP contribution in [0.15, 0.2) is 59.6 Å². The van der Waals surface area contributed by atoms with E-state index in [4.69, 9.17) is 5.11 Å². The molecule has 0 atom stereocenters. The molecule has 2 heterocycles. The zero-order chi connectivity index (χ0) is 20.2. The van der Waals surface area contributed by atoms with Crippen LogP contribution >= 0.6 is 23.1 Å². The van der Waals surface area contributed by atoms with Gasteiger partial charge in [-0.1, -0.05) is 43.3 Å². The molecular weight excluding hydrogens is 400 g/mol. The monoisotopic (exact) mass is 424 g/mol. The van der Waals surface area contributed by atoms with Gasteiger partial charge < -0.3 is 5.11 Å². The summed E-state index contributed by atoms with van der Waals surface area (Å²) in [5.41, 5.74) is 3.53. The minimum absolute atomic E-state index is 0.206. The molecule has 0 amide bonds. The Balaban J connectivity index is 1.38. The molecule has 1 saturated heterocycles. The number of hydrogen-bond donors (Lipinski definition) is 1. The Labute approximate surface area is 179 Å². The molecule has 0 saturated carbocycles. The van der Waals surface area contributed by atoms with Crippen molar-refractivity contribution in [1.82, 2.24) is 9.88 Å². The number of hydrogen-bond acceptors (Lipinski definition) is 5. The van der Waals surface area contributed by atoms with Crippen molar-refractivity contribution >= 4 is 29.1 Å². The number of aliphatic carboxylic acids is 1. The van der Waals surface area contributed by atoms with Crippen molar-refractivity contribution in [3.63, 3.8) is 0 Å². The maximum Gasteiger partial charge on any atom is 0.309 e. The molecule has 0 aliphatic carbocycles. The van der Waals surface area contributed by atoms with E-state index in [1.807, 2.05) is 18.0 Å². The van der Waals surface area contributed by atoms with Crippen LogP contribution < -0.4 is 0 Å². The molecule has 3 aromatic rings. The lowest BCUT2D eigenvalue weighted by atomic mass is 9.99. The van der Waals surface area contributed by atoms with Crippen molar-refractivity contribution in [3.05, 3.63) is 60.3 Å². The Bertz CT molecular complexity index is 961. The highest BCUT2D eigenvalue weighted by atomic mass is 32.2. The molecule has 0 spiro atoms. The summed E-state index contributed by atoms with van der Waals surface area (Å²) in [6.07, 6.45) is 3.14. The molecule has 6 heteroatoms. The SMILES string of the molecule is CCCSc1ccc(-c2cnc(-c3ccc(CN4CC(C(=O)O)C4)cc3)s2)cc1. The van der Waals surface area contributed by atoms with Gasteiger partial charge in [0.25, 0.3) is 0 Å². The number of likely N-dealkylation sites (tertiary alicyclic amines) is 1. The summed E-state index contributed by atoms with van der Waals surface area (Å²) in [5, 5.41) is 10.00. The Morgan fingerprint density at radius 3 is 2.48 bits per heavy atom. The number of benzene rings is 2. The summed E-state index contributed by atoms with van der Waals surface area (Å²) in [5.74, 6) is 0.255. The molecule has 0 bridgehead atoms. The molecule has 1 aliphatic rings. The summed E-state index contributed by atoms with van der Waals surface area (Å²) in [7, 11) is 0. The number of carboxylic acid groups (broad SMARTS) is 1. The van der Waals surface area contributed by atoms with Gasteiger partial charge in [0.05, 0.1) is 10.8 Å². The normalized spacial score (nSPS) is 14.7. The van der Waals surface area contributed by atoms with Gasteiger partial charge in [-0.05, 0) is 35.4 Å². The van der Waals surface area contributed by atoms with Crippen molar-refractivity contribution in [2.45, 2.75) is 24.8 Å². The third-order valence-electron chi connectivity index (χ3n) is 5.03. The average Bonchev–Trinajstić information content (AvgIpc) is 3.19. The fourth-order valence-corrected chi connectivity index (χ4v) is 5.04. The number of carbonyl (C=O) groups is 1. The predicted molar refractivity (Wildman–Crippen MR) is 120 cm³/mol. The molecule has 4 nitrogen and oxygen atoms in total. The van der Waals surface area contributed by atoms with Crippen LogP contribution in [-0.2, 0) is 11.3 Å². The average molecular weight is 425 g/mol. The number of rotatable bonds is 8. The summed E-state index contributed by atoms with van der Waals surface area (Å²) in [6, 6.07) is 17.2. The molecule has 29 heavy (non-hydrogen) atoms. The van der Waals surface area contributed by atoms with Crippen molar-refractivity contribution in [1.29, 1.82) is 0 Å². The highest BCUT2D eigenvalue weighted by Crippen LogP contribution is 2.33. The first-order valence-electron chi connectivity index (χ1n) is 9.86. The highest BCUT2D eigenvalue weighted by Gasteiger charge is 2.32. The number of carboxylic acids is 1. The third-order valence-corrected chi connectivity index (χ3v) is 7.34. The minimum Gasteiger partial charge on any atom is -0.481 e. The molecule has 0 radical (unpaired) electrons. The molecule has 1 aromatic heterocycles. The summed E-state index contributed by atoms with van der Waals surface area (Å²) in [6.45, 7) is 4.29. The van der Waals surface area contributed by atoms with Crippen LogP contribution in [0.1, 0.15) is 18.9 Å². The van der Waals surface area contributed by atoms with Gasteiger partial charge in [0.15, 0.2) is 0 Å². The Hall–Kier alpha value is -2.15. The molecule has 1 aliphatic heterocycles. The van der Waals surface area contributed by atoms with Gasteiger partial charge >= 0.3 is 5.97 Å². The van der Waals surface area contributed by atoms with Crippen LogP contribution in [0.2, 0.25) is 0 Å². The van der Waals surface area contributed by atoms with Gasteiger partial charge in [0, 0.05) is 36.3 Å². The first-order valence-corrected chi connectivity index (χ1v) is 11.7. The first kappa shape index (κ1) is 20.1. The Kier molecular flexibility index (Phi) is 6.33. The molecule has 0 unspecified atom stereocenters. The minimum atomic E-state index is -0.689. The van der Waals surface area contributed by atoms with E-state index in [0.29, 0.717) is 13.1 Å². The molecule has 150 valence electrons. The maximum absolute atomic E-state index is 10.9. The molecule has 1 fully saturated rings. The van der Waals surface area contributed by atoms with E-state index in [2.05, 4.69) is 65.3 Å². The zero-order valence-electron chi connectivity index (χ0n) is 16.4. The van der Waals surface area contributed by atoms with Gasteiger partial charge in [-0.3, -0.25) is 9.69 Å². The van der Waals surface area contributed by atoms with E-state index in [1.54, 1.807) is 11.3 Å². The van der Waals surface area contributed by atoms with Crippen molar-refractivity contribution in [3.8, 4) is 21.0 Å². The second-order valence-electron chi connectivity index (χ2n) is 7.33. The lowest BCUT2D eigenvalue weighted by molar-refractivity contribution is -0.147. The van der Waals surface area contributed by atoms with Gasteiger partial charge in [-0.15, -0.1) is 23.1 Å². The van der Waals surface area contributed by atoms with Crippen LogP contribution in [0, 0.1) is 5.92 Å². The van der Waals surface area contributed by atoms with E-state index in [-0.39, 0.29) is 5.92 Å². The standard InChI is InChI=1S/C23H24N2O2S2/c1-2-11-28-20-9-7-17(8-10-20)21-12-24-22(29-21)18-5-3-16(4-6-18)13-25-14-19(15-25)23(26)27/h3-10,12,19H,2,11,13-15H2,1H3,(H,26,27). The summed E-state index contributed by atoms with van der Waals surface area (Å²) < 4.78 is 0. The molecule has 4 rings (SSSR count). The van der Waals surface area contributed by atoms with Crippen LogP contribution in [0.3, 0.4) is 0 Å². The van der Waals surface area contributed by atoms with Gasteiger partial charge in [0.1, 0.15) is 5.01 Å². The molecule has 1 N–H and O–H groups in total. The van der Waals surface area contributed by atoms with Crippen molar-refractivity contribution < 1.29 is 9.90 Å².